The van der Waals surface area contributed by atoms with Crippen LogP contribution in [0.25, 0.3) is 11.0 Å². The number of amides is 1. The highest BCUT2D eigenvalue weighted by Crippen LogP contribution is 2.24. The average molecular weight is 503 g/mol. The summed E-state index contributed by atoms with van der Waals surface area (Å²) >= 11 is 6.25. The van der Waals surface area contributed by atoms with Crippen molar-refractivity contribution in [3.8, 4) is 5.75 Å². The van der Waals surface area contributed by atoms with Gasteiger partial charge in [0.05, 0.1) is 30.6 Å². The molecule has 1 fully saturated rings. The van der Waals surface area contributed by atoms with Crippen molar-refractivity contribution in [2.45, 2.75) is 32.5 Å². The molecule has 0 bridgehead atoms. The number of fused-ring (bicyclic) bond motifs is 1. The van der Waals surface area contributed by atoms with Gasteiger partial charge in [0.25, 0.3) is 0 Å². The molecule has 0 saturated carbocycles. The van der Waals surface area contributed by atoms with E-state index in [4.69, 9.17) is 21.3 Å². The normalized spacial score (nSPS) is 16.2. The maximum absolute atomic E-state index is 13.0. The highest BCUT2D eigenvalue weighted by atomic mass is 35.5. The van der Waals surface area contributed by atoms with Gasteiger partial charge >= 0.3 is 0 Å². The Morgan fingerprint density at radius 2 is 1.83 bits per heavy atom. The molecule has 1 aromatic heterocycles. The Morgan fingerprint density at radius 3 is 2.64 bits per heavy atom. The first-order valence-electron chi connectivity index (χ1n) is 12.4. The lowest BCUT2D eigenvalue weighted by Gasteiger charge is -2.31. The zero-order chi connectivity index (χ0) is 24.9. The average Bonchev–Trinajstić information content (AvgIpc) is 3.25. The van der Waals surface area contributed by atoms with Crippen LogP contribution in [0.5, 0.6) is 5.75 Å². The SMILES string of the molecule is COc1ccc(Cn2c(CN3CCC[C@@H](C(=O)NCc4ccccc4Cl)C3)nc3ccccc32)cc1. The number of rotatable bonds is 8. The highest BCUT2D eigenvalue weighted by molar-refractivity contribution is 6.31. The number of nitrogens with zero attached hydrogens (tertiary/aromatic N) is 3. The maximum atomic E-state index is 13.0. The van der Waals surface area contributed by atoms with Gasteiger partial charge in [-0.25, -0.2) is 4.98 Å². The lowest BCUT2D eigenvalue weighted by molar-refractivity contribution is -0.127. The second kappa shape index (κ2) is 11.1. The molecule has 1 aliphatic rings. The number of nitrogens with one attached hydrogen (secondary N) is 1. The number of piperidine rings is 1. The first-order chi connectivity index (χ1) is 17.6. The van der Waals surface area contributed by atoms with Crippen LogP contribution in [0.1, 0.15) is 29.8 Å². The lowest BCUT2D eigenvalue weighted by atomic mass is 9.97. The highest BCUT2D eigenvalue weighted by Gasteiger charge is 2.27. The Hall–Kier alpha value is -3.35. The second-order valence-electron chi connectivity index (χ2n) is 9.33. The van der Waals surface area contributed by atoms with E-state index in [-0.39, 0.29) is 11.8 Å². The number of methoxy groups -OCH3 is 1. The molecular formula is C29H31ClN4O2. The van der Waals surface area contributed by atoms with Gasteiger partial charge in [0, 0.05) is 24.7 Å². The number of hydrogen-bond donors (Lipinski definition) is 1. The molecule has 186 valence electrons. The minimum absolute atomic E-state index is 0.0411. The molecule has 7 heteroatoms. The summed E-state index contributed by atoms with van der Waals surface area (Å²) in [6.07, 6.45) is 1.88. The fourth-order valence-corrected chi connectivity index (χ4v) is 5.12. The van der Waals surface area contributed by atoms with Crippen molar-refractivity contribution in [2.75, 3.05) is 20.2 Å². The summed E-state index contributed by atoms with van der Waals surface area (Å²) in [5.41, 5.74) is 4.24. The number of halogens is 1. The number of ether oxygens (including phenoxy) is 1. The topological polar surface area (TPSA) is 59.4 Å². The third-order valence-electron chi connectivity index (χ3n) is 6.89. The number of aromatic nitrogens is 2. The predicted octanol–water partition coefficient (Wildman–Crippen LogP) is 5.28. The van der Waals surface area contributed by atoms with Gasteiger partial charge in [-0.05, 0) is 60.8 Å². The van der Waals surface area contributed by atoms with E-state index in [0.717, 1.165) is 60.6 Å². The van der Waals surface area contributed by atoms with E-state index in [9.17, 15) is 4.79 Å². The molecule has 0 aliphatic carbocycles. The van der Waals surface area contributed by atoms with E-state index >= 15 is 0 Å². The van der Waals surface area contributed by atoms with E-state index in [2.05, 4.69) is 45.1 Å². The van der Waals surface area contributed by atoms with Crippen LogP contribution in [-0.4, -0.2) is 40.6 Å². The summed E-state index contributed by atoms with van der Waals surface area (Å²) in [7, 11) is 1.68. The molecule has 2 heterocycles. The van der Waals surface area contributed by atoms with Crippen molar-refractivity contribution in [3.05, 3.63) is 94.8 Å². The van der Waals surface area contributed by atoms with Crippen LogP contribution in [0, 0.1) is 5.92 Å². The van der Waals surface area contributed by atoms with Gasteiger partial charge in [-0.1, -0.05) is 54.1 Å². The van der Waals surface area contributed by atoms with Crippen LogP contribution in [0.3, 0.4) is 0 Å². The summed E-state index contributed by atoms with van der Waals surface area (Å²) in [5.74, 6) is 1.91. The number of carbonyl (C=O) groups excluding carboxylic acids is 1. The quantitative estimate of drug-likeness (QED) is 0.356. The molecule has 4 aromatic rings. The van der Waals surface area contributed by atoms with Crippen molar-refractivity contribution in [3.63, 3.8) is 0 Å². The first kappa shape index (κ1) is 24.3. The monoisotopic (exact) mass is 502 g/mol. The van der Waals surface area contributed by atoms with Crippen molar-refractivity contribution in [2.24, 2.45) is 5.92 Å². The number of benzene rings is 3. The molecule has 1 saturated heterocycles. The smallest absolute Gasteiger partial charge is 0.224 e. The van der Waals surface area contributed by atoms with Crippen LogP contribution in [0.2, 0.25) is 5.02 Å². The predicted molar refractivity (Wildman–Crippen MR) is 143 cm³/mol. The molecule has 1 amide bonds. The Labute approximate surface area is 216 Å². The number of imidazole rings is 1. The maximum Gasteiger partial charge on any atom is 0.224 e. The van der Waals surface area contributed by atoms with E-state index in [1.54, 1.807) is 7.11 Å². The van der Waals surface area contributed by atoms with Crippen molar-refractivity contribution < 1.29 is 9.53 Å². The Kier molecular flexibility index (Phi) is 7.54. The number of carbonyl (C=O) groups is 1. The third-order valence-corrected chi connectivity index (χ3v) is 7.25. The molecule has 1 aliphatic heterocycles. The zero-order valence-corrected chi connectivity index (χ0v) is 21.2. The van der Waals surface area contributed by atoms with Crippen molar-refractivity contribution >= 4 is 28.5 Å². The van der Waals surface area contributed by atoms with Gasteiger partial charge in [-0.3, -0.25) is 9.69 Å². The molecule has 36 heavy (non-hydrogen) atoms. The molecule has 1 atom stereocenters. The minimum atomic E-state index is -0.0411. The zero-order valence-electron chi connectivity index (χ0n) is 20.5. The van der Waals surface area contributed by atoms with Gasteiger partial charge in [-0.15, -0.1) is 0 Å². The molecular weight excluding hydrogens is 472 g/mol. The molecule has 1 N–H and O–H groups in total. The van der Waals surface area contributed by atoms with Gasteiger partial charge in [-0.2, -0.15) is 0 Å². The van der Waals surface area contributed by atoms with E-state index in [1.807, 2.05) is 42.5 Å². The van der Waals surface area contributed by atoms with Gasteiger partial charge in [0.2, 0.25) is 5.91 Å². The first-order valence-corrected chi connectivity index (χ1v) is 12.8. The fourth-order valence-electron chi connectivity index (χ4n) is 4.92. The van der Waals surface area contributed by atoms with Gasteiger partial charge < -0.3 is 14.6 Å². The summed E-state index contributed by atoms with van der Waals surface area (Å²) in [4.78, 5) is 20.3. The fraction of sp³-hybridized carbons (Fsp3) is 0.310. The summed E-state index contributed by atoms with van der Waals surface area (Å²) < 4.78 is 7.60. The largest absolute Gasteiger partial charge is 0.497 e. The van der Waals surface area contributed by atoms with E-state index < -0.39 is 0 Å². The van der Waals surface area contributed by atoms with E-state index in [0.29, 0.717) is 18.1 Å². The van der Waals surface area contributed by atoms with Crippen LogP contribution in [0.4, 0.5) is 0 Å². The molecule has 0 radical (unpaired) electrons. The Morgan fingerprint density at radius 1 is 1.06 bits per heavy atom. The lowest BCUT2D eigenvalue weighted by Crippen LogP contribution is -2.42. The molecule has 6 nitrogen and oxygen atoms in total. The third kappa shape index (κ3) is 5.55. The standard InChI is InChI=1S/C29H31ClN4O2/c1-36-24-14-12-21(13-15-24)18-34-27-11-5-4-10-26(27)32-28(34)20-33-16-6-8-23(19-33)29(35)31-17-22-7-2-3-9-25(22)30/h2-5,7,9-15,23H,6,8,16-20H2,1H3,(H,31,35)/t23-/m1/s1. The van der Waals surface area contributed by atoms with Crippen LogP contribution < -0.4 is 10.1 Å². The molecule has 3 aromatic carbocycles. The molecule has 0 unspecified atom stereocenters. The van der Waals surface area contributed by atoms with E-state index in [1.165, 1.54) is 5.56 Å². The van der Waals surface area contributed by atoms with Crippen molar-refractivity contribution in [1.29, 1.82) is 0 Å². The summed E-state index contributed by atoms with van der Waals surface area (Å²) in [6.45, 7) is 3.57. The number of likely N-dealkylation sites (tertiary alicyclic amines) is 1. The minimum Gasteiger partial charge on any atom is -0.497 e. The van der Waals surface area contributed by atoms with Gasteiger partial charge in [0.1, 0.15) is 11.6 Å². The van der Waals surface area contributed by atoms with Crippen LogP contribution >= 0.6 is 11.6 Å². The molecule has 0 spiro atoms. The molecule has 5 rings (SSSR count). The second-order valence-corrected chi connectivity index (χ2v) is 9.74. The van der Waals surface area contributed by atoms with Crippen LogP contribution in [0.15, 0.2) is 72.8 Å². The Bertz CT molecular complexity index is 1330. The Balaban J connectivity index is 1.29. The van der Waals surface area contributed by atoms with Crippen LogP contribution in [-0.2, 0) is 24.4 Å². The summed E-state index contributed by atoms with van der Waals surface area (Å²) in [6, 6.07) is 24.1. The number of hydrogen-bond acceptors (Lipinski definition) is 4. The van der Waals surface area contributed by atoms with Gasteiger partial charge in [0.15, 0.2) is 0 Å². The number of para-hydroxylation sites is 2. The summed E-state index contributed by atoms with van der Waals surface area (Å²) in [5, 5.41) is 3.77. The van der Waals surface area contributed by atoms with Crippen molar-refractivity contribution in [1.82, 2.24) is 19.8 Å².